The zero-order valence-corrected chi connectivity index (χ0v) is 13.2. The number of nitrogens with zero attached hydrogens (tertiary/aromatic N) is 3. The molecule has 2 aromatic rings. The molecule has 2 heterocycles. The third-order valence-electron chi connectivity index (χ3n) is 2.24. The van der Waals surface area contributed by atoms with Crippen LogP contribution in [-0.2, 0) is 12.8 Å². The molecule has 0 aromatic carbocycles. The molecule has 0 bridgehead atoms. The summed E-state index contributed by atoms with van der Waals surface area (Å²) in [7, 11) is 0. The maximum Gasteiger partial charge on any atom is 0.146 e. The van der Waals surface area contributed by atoms with E-state index in [0.717, 1.165) is 32.2 Å². The Bertz CT molecular complexity index is 542. The molecule has 0 spiro atoms. The Kier molecular flexibility index (Phi) is 4.32. The van der Waals surface area contributed by atoms with E-state index >= 15 is 0 Å². The summed E-state index contributed by atoms with van der Waals surface area (Å²) in [5, 5.41) is 3.60. The Hall–Kier alpha value is -0.270. The van der Waals surface area contributed by atoms with Gasteiger partial charge in [-0.2, -0.15) is 0 Å². The van der Waals surface area contributed by atoms with Gasteiger partial charge >= 0.3 is 0 Å². The Labute approximate surface area is 123 Å². The van der Waals surface area contributed by atoms with Crippen molar-refractivity contribution in [1.29, 1.82) is 0 Å². The van der Waals surface area contributed by atoms with Crippen molar-refractivity contribution < 1.29 is 0 Å². The molecule has 17 heavy (non-hydrogen) atoms. The minimum atomic E-state index is 0.542. The number of aryl methyl sites for hydroxylation is 2. The van der Waals surface area contributed by atoms with Crippen LogP contribution in [0.2, 0.25) is 5.15 Å². The minimum absolute atomic E-state index is 0.542. The molecule has 0 aliphatic rings. The van der Waals surface area contributed by atoms with Crippen molar-refractivity contribution in [3.05, 3.63) is 36.3 Å². The minimum Gasteiger partial charge on any atom is -0.246 e. The normalized spacial score (nSPS) is 10.8. The van der Waals surface area contributed by atoms with E-state index in [4.69, 9.17) is 11.6 Å². The summed E-state index contributed by atoms with van der Waals surface area (Å²) >= 11 is 9.91. The van der Waals surface area contributed by atoms with E-state index in [1.807, 2.05) is 12.3 Å². The van der Waals surface area contributed by atoms with Crippen LogP contribution in [0.15, 0.2) is 5.38 Å². The third-order valence-corrected chi connectivity index (χ3v) is 4.93. The number of aromatic nitrogens is 3. The second-order valence-corrected chi connectivity index (χ2v) is 5.98. The first-order valence-electron chi connectivity index (χ1n) is 5.22. The molecule has 0 fully saturated rings. The molecular weight excluding hydrogens is 369 g/mol. The predicted octanol–water partition coefficient (Wildman–Crippen LogP) is 3.65. The van der Waals surface area contributed by atoms with Crippen LogP contribution >= 0.6 is 45.5 Å². The quantitative estimate of drug-likeness (QED) is 0.603. The molecule has 0 amide bonds. The van der Waals surface area contributed by atoms with E-state index in [0.29, 0.717) is 11.6 Å². The lowest BCUT2D eigenvalue weighted by molar-refractivity contribution is 0.889. The summed E-state index contributed by atoms with van der Waals surface area (Å²) in [6.07, 6.45) is 1.52. The van der Waals surface area contributed by atoms with Crippen LogP contribution in [0.1, 0.15) is 29.1 Å². The molecule has 0 saturated carbocycles. The fourth-order valence-corrected chi connectivity index (χ4v) is 3.04. The first kappa shape index (κ1) is 13.2. The highest BCUT2D eigenvalue weighted by molar-refractivity contribution is 14.1. The highest BCUT2D eigenvalue weighted by Gasteiger charge is 2.11. The lowest BCUT2D eigenvalue weighted by Crippen LogP contribution is -2.03. The molecule has 0 N–H and O–H groups in total. The van der Waals surface area contributed by atoms with Gasteiger partial charge in [0.15, 0.2) is 0 Å². The highest BCUT2D eigenvalue weighted by Crippen LogP contribution is 2.21. The van der Waals surface area contributed by atoms with Crippen LogP contribution < -0.4 is 0 Å². The summed E-state index contributed by atoms with van der Waals surface area (Å²) < 4.78 is 0.950. The molecule has 0 saturated heterocycles. The molecule has 2 aromatic heterocycles. The van der Waals surface area contributed by atoms with E-state index in [9.17, 15) is 0 Å². The molecule has 0 aliphatic heterocycles. The van der Waals surface area contributed by atoms with Crippen LogP contribution in [0.4, 0.5) is 0 Å². The van der Waals surface area contributed by atoms with Gasteiger partial charge in [-0.05, 0) is 35.9 Å². The first-order valence-corrected chi connectivity index (χ1v) is 7.55. The molecule has 90 valence electrons. The maximum absolute atomic E-state index is 6.09. The largest absolute Gasteiger partial charge is 0.246 e. The van der Waals surface area contributed by atoms with Crippen molar-refractivity contribution in [1.82, 2.24) is 15.0 Å². The smallest absolute Gasteiger partial charge is 0.146 e. The molecule has 3 nitrogen and oxygen atoms in total. The number of halogens is 2. The van der Waals surface area contributed by atoms with Crippen molar-refractivity contribution >= 4 is 45.5 Å². The monoisotopic (exact) mass is 379 g/mol. The van der Waals surface area contributed by atoms with E-state index in [1.165, 1.54) is 0 Å². The highest BCUT2D eigenvalue weighted by atomic mass is 127. The zero-order chi connectivity index (χ0) is 12.4. The average molecular weight is 380 g/mol. The summed E-state index contributed by atoms with van der Waals surface area (Å²) in [6.45, 7) is 4.05. The van der Waals surface area contributed by atoms with Gasteiger partial charge in [-0.25, -0.2) is 15.0 Å². The molecule has 2 rings (SSSR count). The molecule has 6 heteroatoms. The van der Waals surface area contributed by atoms with E-state index in [-0.39, 0.29) is 0 Å². The summed E-state index contributed by atoms with van der Waals surface area (Å²) in [5.41, 5.74) is 2.05. The SMILES string of the molecule is CCc1nc(Cc2nc(C)cs2)nc(Cl)c1I. The van der Waals surface area contributed by atoms with Crippen molar-refractivity contribution in [3.63, 3.8) is 0 Å². The molecule has 0 radical (unpaired) electrons. The third kappa shape index (κ3) is 3.14. The lowest BCUT2D eigenvalue weighted by atomic mass is 10.3. The van der Waals surface area contributed by atoms with Gasteiger partial charge < -0.3 is 0 Å². The Morgan fingerprint density at radius 2 is 2.12 bits per heavy atom. The van der Waals surface area contributed by atoms with Gasteiger partial charge in [0.25, 0.3) is 0 Å². The van der Waals surface area contributed by atoms with Gasteiger partial charge in [0.1, 0.15) is 16.0 Å². The van der Waals surface area contributed by atoms with E-state index in [1.54, 1.807) is 11.3 Å². The van der Waals surface area contributed by atoms with E-state index in [2.05, 4.69) is 44.5 Å². The van der Waals surface area contributed by atoms with Gasteiger partial charge in [0, 0.05) is 11.1 Å². The van der Waals surface area contributed by atoms with Gasteiger partial charge in [0.2, 0.25) is 0 Å². The van der Waals surface area contributed by atoms with Gasteiger partial charge in [-0.3, -0.25) is 0 Å². The fraction of sp³-hybridized carbons (Fsp3) is 0.364. The predicted molar refractivity (Wildman–Crippen MR) is 78.8 cm³/mol. The lowest BCUT2D eigenvalue weighted by Gasteiger charge is -2.05. The van der Waals surface area contributed by atoms with Crippen molar-refractivity contribution in [2.75, 3.05) is 0 Å². The number of thiazole rings is 1. The summed E-state index contributed by atoms with van der Waals surface area (Å²) in [6, 6.07) is 0. The Morgan fingerprint density at radius 3 is 2.71 bits per heavy atom. The second-order valence-electron chi connectivity index (χ2n) is 3.60. The van der Waals surface area contributed by atoms with Crippen LogP contribution in [0.5, 0.6) is 0 Å². The molecule has 0 aliphatic carbocycles. The average Bonchev–Trinajstić information content (AvgIpc) is 2.69. The second kappa shape index (κ2) is 5.58. The van der Waals surface area contributed by atoms with Gasteiger partial charge in [0.05, 0.1) is 15.7 Å². The molecular formula is C11H11ClIN3S. The van der Waals surface area contributed by atoms with Crippen LogP contribution in [-0.4, -0.2) is 15.0 Å². The van der Waals surface area contributed by atoms with Gasteiger partial charge in [-0.15, -0.1) is 11.3 Å². The number of hydrogen-bond acceptors (Lipinski definition) is 4. The topological polar surface area (TPSA) is 38.7 Å². The van der Waals surface area contributed by atoms with Crippen LogP contribution in [0.3, 0.4) is 0 Å². The maximum atomic E-state index is 6.09. The molecule has 0 atom stereocenters. The van der Waals surface area contributed by atoms with Crippen LogP contribution in [0, 0.1) is 10.5 Å². The van der Waals surface area contributed by atoms with Crippen molar-refractivity contribution in [2.45, 2.75) is 26.7 Å². The fourth-order valence-electron chi connectivity index (χ4n) is 1.44. The van der Waals surface area contributed by atoms with Crippen molar-refractivity contribution in [2.24, 2.45) is 0 Å². The number of hydrogen-bond donors (Lipinski definition) is 0. The first-order chi connectivity index (χ1) is 8.10. The Balaban J connectivity index is 2.30. The zero-order valence-electron chi connectivity index (χ0n) is 9.50. The molecule has 0 unspecified atom stereocenters. The summed E-state index contributed by atoms with van der Waals surface area (Å²) in [4.78, 5) is 13.2. The van der Waals surface area contributed by atoms with Gasteiger partial charge in [-0.1, -0.05) is 18.5 Å². The summed E-state index contributed by atoms with van der Waals surface area (Å²) in [5.74, 6) is 0.751. The van der Waals surface area contributed by atoms with Crippen molar-refractivity contribution in [3.8, 4) is 0 Å². The standard InChI is InChI=1S/C11H11ClIN3S/c1-3-7-10(13)11(12)16-8(15-7)4-9-14-6(2)5-17-9/h5H,3-4H2,1-2H3. The Morgan fingerprint density at radius 1 is 1.35 bits per heavy atom. The van der Waals surface area contributed by atoms with Crippen LogP contribution in [0.25, 0.3) is 0 Å². The van der Waals surface area contributed by atoms with E-state index < -0.39 is 0 Å². The number of rotatable bonds is 3.